The van der Waals surface area contributed by atoms with Gasteiger partial charge < -0.3 is 15.2 Å². The number of carbonyl (C=O) groups is 1. The van der Waals surface area contributed by atoms with E-state index < -0.39 is 17.1 Å². The van der Waals surface area contributed by atoms with Crippen molar-refractivity contribution in [3.8, 4) is 17.3 Å². The zero-order chi connectivity index (χ0) is 24.2. The minimum Gasteiger partial charge on any atom is -0.497 e. The van der Waals surface area contributed by atoms with Crippen LogP contribution in [0.4, 0.5) is 0 Å². The second-order valence-electron chi connectivity index (χ2n) is 7.62. The van der Waals surface area contributed by atoms with E-state index in [1.54, 1.807) is 31.2 Å². The number of H-pyrrole nitrogens is 1. The highest BCUT2D eigenvalue weighted by Gasteiger charge is 2.19. The van der Waals surface area contributed by atoms with Gasteiger partial charge in [-0.25, -0.2) is 14.4 Å². The summed E-state index contributed by atoms with van der Waals surface area (Å²) in [7, 11) is 1.49. The van der Waals surface area contributed by atoms with Crippen molar-refractivity contribution in [2.45, 2.75) is 19.8 Å². The maximum atomic E-state index is 12.7. The van der Waals surface area contributed by atoms with Crippen LogP contribution in [0.1, 0.15) is 25.3 Å². The summed E-state index contributed by atoms with van der Waals surface area (Å²) in [6.07, 6.45) is 2.32. The smallest absolute Gasteiger partial charge is 0.335 e. The quantitative estimate of drug-likeness (QED) is 0.485. The zero-order valence-electron chi connectivity index (χ0n) is 18.8. The number of aromatic amines is 1. The van der Waals surface area contributed by atoms with Crippen LogP contribution in [0.5, 0.6) is 11.6 Å². The minimum absolute atomic E-state index is 0.0613. The monoisotopic (exact) mass is 460 g/mol. The summed E-state index contributed by atoms with van der Waals surface area (Å²) in [5, 5.41) is 15.4. The molecule has 0 bridgehead atoms. The molecule has 0 saturated heterocycles. The number of hydrogen-bond acceptors (Lipinski definition) is 6. The third kappa shape index (κ3) is 4.40. The van der Waals surface area contributed by atoms with Crippen molar-refractivity contribution in [1.29, 1.82) is 0 Å². The van der Waals surface area contributed by atoms with E-state index in [-0.39, 0.29) is 11.5 Å². The number of para-hydroxylation sites is 1. The van der Waals surface area contributed by atoms with Gasteiger partial charge in [-0.1, -0.05) is 31.2 Å². The summed E-state index contributed by atoms with van der Waals surface area (Å²) in [6.45, 7) is 2.18. The normalized spacial score (nSPS) is 13.5. The molecule has 9 heteroatoms. The van der Waals surface area contributed by atoms with Crippen LogP contribution in [0.25, 0.3) is 17.3 Å². The average molecular weight is 460 g/mol. The highest BCUT2D eigenvalue weighted by molar-refractivity contribution is 5.78. The second-order valence-corrected chi connectivity index (χ2v) is 7.62. The molecule has 2 aromatic carbocycles. The fourth-order valence-corrected chi connectivity index (χ4v) is 3.79. The van der Waals surface area contributed by atoms with Gasteiger partial charge in [0.25, 0.3) is 5.56 Å². The largest absolute Gasteiger partial charge is 0.497 e. The number of methoxy groups -OCH3 is 1. The molecule has 0 radical (unpaired) electrons. The van der Waals surface area contributed by atoms with Crippen LogP contribution >= 0.6 is 0 Å². The Bertz CT molecular complexity index is 1530. The molecule has 3 N–H and O–H groups in total. The number of allylic oxidation sites excluding steroid dienone is 1. The van der Waals surface area contributed by atoms with Crippen LogP contribution in [0.3, 0.4) is 0 Å². The molecular weight excluding hydrogens is 436 g/mol. The number of nitrogens with zero attached hydrogens (tertiary/aromatic N) is 2. The van der Waals surface area contributed by atoms with Gasteiger partial charge in [-0.3, -0.25) is 14.6 Å². The Morgan fingerprint density at radius 3 is 2.76 bits per heavy atom. The molecule has 2 heterocycles. The maximum Gasteiger partial charge on any atom is 0.335 e. The molecule has 1 aliphatic heterocycles. The van der Waals surface area contributed by atoms with Crippen molar-refractivity contribution >= 4 is 17.6 Å². The first-order valence-corrected chi connectivity index (χ1v) is 10.8. The van der Waals surface area contributed by atoms with Crippen LogP contribution in [0.2, 0.25) is 0 Å². The highest BCUT2D eigenvalue weighted by atomic mass is 16.5. The van der Waals surface area contributed by atoms with Gasteiger partial charge in [-0.15, -0.1) is 0 Å². The third-order valence-electron chi connectivity index (χ3n) is 5.51. The Kier molecular flexibility index (Phi) is 6.44. The summed E-state index contributed by atoms with van der Waals surface area (Å²) in [4.78, 5) is 43.8. The van der Waals surface area contributed by atoms with Crippen molar-refractivity contribution in [1.82, 2.24) is 14.9 Å². The number of hydrogen-bond donors (Lipinski definition) is 3. The molecule has 1 amide bonds. The number of fused-ring (bicyclic) bond motifs is 1. The fraction of sp³-hybridized carbons (Fsp3) is 0.200. The molecule has 3 aromatic rings. The molecule has 174 valence electrons. The van der Waals surface area contributed by atoms with Crippen LogP contribution in [0.15, 0.2) is 68.8 Å². The molecule has 4 rings (SSSR count). The lowest BCUT2D eigenvalue weighted by Gasteiger charge is -2.12. The number of aromatic hydroxyl groups is 1. The molecule has 1 aliphatic rings. The van der Waals surface area contributed by atoms with Crippen molar-refractivity contribution in [3.63, 3.8) is 0 Å². The van der Waals surface area contributed by atoms with E-state index in [2.05, 4.69) is 15.3 Å². The van der Waals surface area contributed by atoms with E-state index in [9.17, 15) is 19.5 Å². The molecule has 0 spiro atoms. The lowest BCUT2D eigenvalue weighted by atomic mass is 10.1. The van der Waals surface area contributed by atoms with Gasteiger partial charge in [0.05, 0.1) is 23.9 Å². The molecule has 9 nitrogen and oxygen atoms in total. The van der Waals surface area contributed by atoms with Gasteiger partial charge in [0.1, 0.15) is 11.3 Å². The van der Waals surface area contributed by atoms with E-state index in [1.165, 1.54) is 13.2 Å². The summed E-state index contributed by atoms with van der Waals surface area (Å²) in [5.41, 5.74) is 0.00318. The number of rotatable bonds is 7. The van der Waals surface area contributed by atoms with Crippen LogP contribution in [0, 0.1) is 0 Å². The first-order chi connectivity index (χ1) is 16.4. The first-order valence-electron chi connectivity index (χ1n) is 10.8. The molecule has 0 fully saturated rings. The number of aromatic nitrogens is 2. The Balaban J connectivity index is 1.83. The standard InChI is InChI=1S/C25H24N4O5/c1-3-22(30)26-12-11-18-17-9-4-5-10-20(17)27-21(18)14-19-23(31)28-25(33)29(24(19)32)15-7-6-8-16(13-15)34-2/h4-10,13-14,32H,3,11-12H2,1-2H3,(H,26,30)(H,28,31,33). The topological polar surface area (TPSA) is 126 Å². The van der Waals surface area contributed by atoms with Gasteiger partial charge >= 0.3 is 5.69 Å². The van der Waals surface area contributed by atoms with E-state index >= 15 is 0 Å². The third-order valence-corrected chi connectivity index (χ3v) is 5.51. The van der Waals surface area contributed by atoms with Gasteiger partial charge in [0.2, 0.25) is 11.8 Å². The van der Waals surface area contributed by atoms with E-state index in [0.29, 0.717) is 36.5 Å². The van der Waals surface area contributed by atoms with Crippen LogP contribution in [-0.2, 0) is 4.79 Å². The van der Waals surface area contributed by atoms with Crippen molar-refractivity contribution in [2.75, 3.05) is 13.7 Å². The summed E-state index contributed by atoms with van der Waals surface area (Å²) in [5.74, 6) is -0.0889. The molecule has 0 aliphatic carbocycles. The Labute approximate surface area is 194 Å². The van der Waals surface area contributed by atoms with E-state index in [4.69, 9.17) is 4.74 Å². The molecule has 0 unspecified atom stereocenters. The Morgan fingerprint density at radius 2 is 2.00 bits per heavy atom. The van der Waals surface area contributed by atoms with Crippen molar-refractivity contribution in [3.05, 3.63) is 91.2 Å². The average Bonchev–Trinajstić information content (AvgIpc) is 3.18. The number of benzene rings is 2. The number of amides is 1. The summed E-state index contributed by atoms with van der Waals surface area (Å²) in [6, 6.07) is 14.1. The maximum absolute atomic E-state index is 12.7. The molecular formula is C25H24N4O5. The van der Waals surface area contributed by atoms with Crippen molar-refractivity contribution < 1.29 is 14.6 Å². The van der Waals surface area contributed by atoms with Gasteiger partial charge in [-0.2, -0.15) is 0 Å². The van der Waals surface area contributed by atoms with Gasteiger partial charge in [0, 0.05) is 24.3 Å². The molecule has 1 aromatic heterocycles. The van der Waals surface area contributed by atoms with Gasteiger partial charge in [0.15, 0.2) is 0 Å². The fourth-order valence-electron chi connectivity index (χ4n) is 3.79. The van der Waals surface area contributed by atoms with Crippen LogP contribution in [-0.4, -0.2) is 34.2 Å². The van der Waals surface area contributed by atoms with Crippen LogP contribution < -0.4 is 31.9 Å². The number of carbonyl (C=O) groups excluding carboxylic acids is 1. The summed E-state index contributed by atoms with van der Waals surface area (Å²) >= 11 is 0. The lowest BCUT2D eigenvalue weighted by Crippen LogP contribution is -2.30. The first kappa shape index (κ1) is 22.8. The van der Waals surface area contributed by atoms with Crippen molar-refractivity contribution in [2.24, 2.45) is 4.99 Å². The molecule has 0 atom stereocenters. The van der Waals surface area contributed by atoms with E-state index in [0.717, 1.165) is 20.7 Å². The molecule has 0 saturated carbocycles. The predicted octanol–water partition coefficient (Wildman–Crippen LogP) is 0.981. The number of ether oxygens (including phenoxy) is 1. The Hall–Kier alpha value is -4.40. The second kappa shape index (κ2) is 9.62. The van der Waals surface area contributed by atoms with Gasteiger partial charge in [-0.05, 0) is 36.3 Å². The lowest BCUT2D eigenvalue weighted by molar-refractivity contribution is -0.120. The molecule has 34 heavy (non-hydrogen) atoms. The summed E-state index contributed by atoms with van der Waals surface area (Å²) < 4.78 is 6.20. The zero-order valence-corrected chi connectivity index (χ0v) is 18.8. The minimum atomic E-state index is -0.781. The number of nitrogens with one attached hydrogen (secondary N) is 2. The van der Waals surface area contributed by atoms with E-state index in [1.807, 2.05) is 24.3 Å². The Morgan fingerprint density at radius 1 is 1.21 bits per heavy atom. The SMILES string of the molecule is CCC(=O)NCCC1=c2ccccc2=NC1=Cc1c(O)n(-c2cccc(OC)c2)c(=O)[nH]c1=O. The predicted molar refractivity (Wildman–Crippen MR) is 127 cm³/mol. The highest BCUT2D eigenvalue weighted by Crippen LogP contribution is 2.25.